The first-order valence-electron chi connectivity index (χ1n) is 14.5. The third-order valence-electron chi connectivity index (χ3n) is 6.89. The molecule has 1 heterocycles. The summed E-state index contributed by atoms with van der Waals surface area (Å²) in [6, 6.07) is 4.81. The molecule has 38 heavy (non-hydrogen) atoms. The van der Waals surface area contributed by atoms with E-state index >= 15 is 8.78 Å². The zero-order chi connectivity index (χ0) is 28.0. The van der Waals surface area contributed by atoms with Crippen molar-refractivity contribution in [3.05, 3.63) is 33.8 Å². The zero-order valence-corrected chi connectivity index (χ0v) is 25.6. The van der Waals surface area contributed by atoms with Crippen LogP contribution in [-0.2, 0) is 29.6 Å². The van der Waals surface area contributed by atoms with Gasteiger partial charge in [0.25, 0.3) is 0 Å². The molecular weight excluding hydrogens is 558 g/mol. The molecule has 0 aromatic heterocycles. The predicted molar refractivity (Wildman–Crippen MR) is 151 cm³/mol. The van der Waals surface area contributed by atoms with Crippen molar-refractivity contribution >= 4 is 15.9 Å². The summed E-state index contributed by atoms with van der Waals surface area (Å²) in [7, 11) is 0. The standard InChI is InChI=1S/C30H49BrF2O5/c1-6-10-16-34-21-25-26(35-17-11-7-2)27(36-18-12-8-3)28(37-19-13-9-4)29(38-25)30(32,33)24-15-14-23(31)20-22(24)5/h14-15,20,25-29H,6-13,16-19,21H2,1-5H3/t25?,26-,27+,28?,29+/m1/s1. The minimum absolute atomic E-state index is 0.0712. The second-order valence-corrected chi connectivity index (χ2v) is 11.1. The van der Waals surface area contributed by atoms with Crippen LogP contribution in [0, 0.1) is 6.92 Å². The second kappa shape index (κ2) is 17.9. The molecule has 2 unspecified atom stereocenters. The Labute approximate surface area is 237 Å². The van der Waals surface area contributed by atoms with Crippen LogP contribution >= 0.6 is 15.9 Å². The van der Waals surface area contributed by atoms with E-state index < -0.39 is 36.4 Å². The fraction of sp³-hybridized carbons (Fsp3) is 0.800. The minimum atomic E-state index is -3.32. The van der Waals surface area contributed by atoms with Crippen LogP contribution in [0.5, 0.6) is 0 Å². The summed E-state index contributed by atoms with van der Waals surface area (Å²) in [6.07, 6.45) is 2.63. The van der Waals surface area contributed by atoms with E-state index in [4.69, 9.17) is 23.7 Å². The number of rotatable bonds is 19. The molecule has 1 fully saturated rings. The minimum Gasteiger partial charge on any atom is -0.379 e. The van der Waals surface area contributed by atoms with Crippen LogP contribution in [0.25, 0.3) is 0 Å². The van der Waals surface area contributed by atoms with Gasteiger partial charge in [0.2, 0.25) is 0 Å². The summed E-state index contributed by atoms with van der Waals surface area (Å²) >= 11 is 3.39. The number of hydrogen-bond donors (Lipinski definition) is 0. The Hall–Kier alpha value is -0.640. The topological polar surface area (TPSA) is 46.2 Å². The molecule has 0 radical (unpaired) electrons. The Bertz CT molecular complexity index is 781. The summed E-state index contributed by atoms with van der Waals surface area (Å²) in [4.78, 5) is 0. The quantitative estimate of drug-likeness (QED) is 0.149. The highest BCUT2D eigenvalue weighted by Gasteiger charge is 2.58. The molecule has 1 aromatic rings. The molecule has 5 atom stereocenters. The van der Waals surface area contributed by atoms with Gasteiger partial charge in [-0.3, -0.25) is 0 Å². The fourth-order valence-corrected chi connectivity index (χ4v) is 5.08. The van der Waals surface area contributed by atoms with Crippen LogP contribution in [0.1, 0.15) is 90.2 Å². The van der Waals surface area contributed by atoms with Crippen LogP contribution in [0.15, 0.2) is 22.7 Å². The van der Waals surface area contributed by atoms with E-state index in [0.717, 1.165) is 55.8 Å². The van der Waals surface area contributed by atoms with E-state index in [1.54, 1.807) is 19.1 Å². The lowest BCUT2D eigenvalue weighted by molar-refractivity contribution is -0.308. The van der Waals surface area contributed by atoms with Crippen molar-refractivity contribution < 1.29 is 32.5 Å². The Morgan fingerprint density at radius 3 is 1.87 bits per heavy atom. The lowest BCUT2D eigenvalue weighted by Gasteiger charge is -2.48. The molecule has 8 heteroatoms. The number of alkyl halides is 2. The normalized spacial score (nSPS) is 24.2. The summed E-state index contributed by atoms with van der Waals surface area (Å²) in [5.74, 6) is -3.32. The largest absolute Gasteiger partial charge is 0.379 e. The van der Waals surface area contributed by atoms with Gasteiger partial charge in [0.15, 0.2) is 6.10 Å². The van der Waals surface area contributed by atoms with Gasteiger partial charge in [-0.2, -0.15) is 8.78 Å². The van der Waals surface area contributed by atoms with Crippen molar-refractivity contribution in [3.63, 3.8) is 0 Å². The fourth-order valence-electron chi connectivity index (χ4n) is 4.61. The van der Waals surface area contributed by atoms with Crippen molar-refractivity contribution in [3.8, 4) is 0 Å². The monoisotopic (exact) mass is 606 g/mol. The molecule has 220 valence electrons. The third-order valence-corrected chi connectivity index (χ3v) is 7.38. The van der Waals surface area contributed by atoms with Crippen molar-refractivity contribution in [2.24, 2.45) is 0 Å². The maximum absolute atomic E-state index is 16.4. The van der Waals surface area contributed by atoms with Crippen molar-refractivity contribution in [2.45, 2.75) is 122 Å². The van der Waals surface area contributed by atoms with Gasteiger partial charge in [0, 0.05) is 36.5 Å². The number of aryl methyl sites for hydroxylation is 1. The smallest absolute Gasteiger partial charge is 0.301 e. The first kappa shape index (κ1) is 33.6. The van der Waals surface area contributed by atoms with Crippen molar-refractivity contribution in [2.75, 3.05) is 33.0 Å². The number of hydrogen-bond acceptors (Lipinski definition) is 5. The third kappa shape index (κ3) is 9.77. The van der Waals surface area contributed by atoms with Gasteiger partial charge < -0.3 is 23.7 Å². The van der Waals surface area contributed by atoms with Gasteiger partial charge >= 0.3 is 5.92 Å². The van der Waals surface area contributed by atoms with Crippen LogP contribution in [0.2, 0.25) is 0 Å². The number of ether oxygens (including phenoxy) is 5. The van der Waals surface area contributed by atoms with E-state index in [1.165, 1.54) is 6.07 Å². The van der Waals surface area contributed by atoms with Gasteiger partial charge in [-0.05, 0) is 50.3 Å². The number of halogens is 3. The van der Waals surface area contributed by atoms with E-state index in [-0.39, 0.29) is 12.2 Å². The van der Waals surface area contributed by atoms with Gasteiger partial charge in [0.05, 0.1) is 6.61 Å². The molecule has 0 amide bonds. The molecule has 0 aliphatic carbocycles. The van der Waals surface area contributed by atoms with Crippen LogP contribution in [-0.4, -0.2) is 63.6 Å². The molecule has 0 N–H and O–H groups in total. The first-order valence-corrected chi connectivity index (χ1v) is 15.3. The Kier molecular flexibility index (Phi) is 15.8. The molecular formula is C30H49BrF2O5. The van der Waals surface area contributed by atoms with Crippen LogP contribution in [0.3, 0.4) is 0 Å². The van der Waals surface area contributed by atoms with E-state index in [9.17, 15) is 0 Å². The average molecular weight is 608 g/mol. The summed E-state index contributed by atoms with van der Waals surface area (Å²) in [5, 5.41) is 0. The predicted octanol–water partition coefficient (Wildman–Crippen LogP) is 7.99. The highest BCUT2D eigenvalue weighted by atomic mass is 79.9. The average Bonchev–Trinajstić information content (AvgIpc) is 2.88. The maximum atomic E-state index is 16.4. The summed E-state index contributed by atoms with van der Waals surface area (Å²) < 4.78 is 64.7. The Morgan fingerprint density at radius 1 is 0.789 bits per heavy atom. The maximum Gasteiger partial charge on any atom is 0.301 e. The molecule has 1 saturated heterocycles. The van der Waals surface area contributed by atoms with Gasteiger partial charge in [0.1, 0.15) is 24.4 Å². The first-order chi connectivity index (χ1) is 18.3. The van der Waals surface area contributed by atoms with Crippen LogP contribution in [0.4, 0.5) is 8.78 Å². The highest BCUT2D eigenvalue weighted by Crippen LogP contribution is 2.43. The number of benzene rings is 1. The summed E-state index contributed by atoms with van der Waals surface area (Å²) in [6.45, 7) is 12.0. The van der Waals surface area contributed by atoms with Gasteiger partial charge in [-0.1, -0.05) is 75.4 Å². The van der Waals surface area contributed by atoms with Crippen molar-refractivity contribution in [1.29, 1.82) is 0 Å². The van der Waals surface area contributed by atoms with Crippen molar-refractivity contribution in [1.82, 2.24) is 0 Å². The molecule has 1 aromatic carbocycles. The lowest BCUT2D eigenvalue weighted by atomic mass is 9.87. The molecule has 0 bridgehead atoms. The molecule has 0 saturated carbocycles. The number of unbranched alkanes of at least 4 members (excludes halogenated alkanes) is 4. The van der Waals surface area contributed by atoms with Gasteiger partial charge in [-0.25, -0.2) is 0 Å². The summed E-state index contributed by atoms with van der Waals surface area (Å²) in [5.41, 5.74) is 0.416. The SMILES string of the molecule is CCCCOCC1O[C@H](C(F)(F)c2ccc(Br)cc2C)C(OCCCC)[C@@H](OCCCC)[C@@H]1OCCCC. The highest BCUT2D eigenvalue weighted by molar-refractivity contribution is 9.10. The van der Waals surface area contributed by atoms with Crippen LogP contribution < -0.4 is 0 Å². The molecule has 0 spiro atoms. The van der Waals surface area contributed by atoms with E-state index in [0.29, 0.717) is 32.0 Å². The van der Waals surface area contributed by atoms with E-state index in [2.05, 4.69) is 36.7 Å². The molecule has 2 rings (SSSR count). The zero-order valence-electron chi connectivity index (χ0n) is 24.0. The Balaban J connectivity index is 2.50. The lowest BCUT2D eigenvalue weighted by Crippen LogP contribution is -2.65. The van der Waals surface area contributed by atoms with Gasteiger partial charge in [-0.15, -0.1) is 0 Å². The van der Waals surface area contributed by atoms with E-state index in [1.807, 2.05) is 6.92 Å². The molecule has 1 aliphatic heterocycles. The second-order valence-electron chi connectivity index (χ2n) is 10.2. The molecule has 1 aliphatic rings. The Morgan fingerprint density at radius 2 is 1.32 bits per heavy atom. The molecule has 5 nitrogen and oxygen atoms in total.